The summed E-state index contributed by atoms with van der Waals surface area (Å²) in [6.07, 6.45) is 5.56. The van der Waals surface area contributed by atoms with E-state index in [9.17, 15) is 0 Å². The minimum atomic E-state index is 0.0248. The first-order chi connectivity index (χ1) is 7.84. The Morgan fingerprint density at radius 1 is 1.31 bits per heavy atom. The molecule has 0 aliphatic carbocycles. The zero-order valence-corrected chi connectivity index (χ0v) is 8.87. The van der Waals surface area contributed by atoms with Crippen molar-refractivity contribution < 1.29 is 0 Å². The minimum Gasteiger partial charge on any atom is -0.321 e. The Morgan fingerprint density at radius 2 is 2.12 bits per heavy atom. The van der Waals surface area contributed by atoms with Gasteiger partial charge in [0, 0.05) is 24.5 Å². The summed E-state index contributed by atoms with van der Waals surface area (Å²) >= 11 is 0. The predicted octanol–water partition coefficient (Wildman–Crippen LogP) is 1.13. The molecule has 16 heavy (non-hydrogen) atoms. The van der Waals surface area contributed by atoms with E-state index in [0.717, 1.165) is 36.6 Å². The lowest BCUT2D eigenvalue weighted by atomic mass is 10.1. The maximum Gasteiger partial charge on any atom is 0.181 e. The molecule has 3 heterocycles. The van der Waals surface area contributed by atoms with Crippen molar-refractivity contribution in [2.24, 2.45) is 5.73 Å². The number of aryl methyl sites for hydroxylation is 1. The molecule has 0 saturated heterocycles. The maximum absolute atomic E-state index is 6.00. The first-order valence-electron chi connectivity index (χ1n) is 5.45. The molecule has 0 bridgehead atoms. The highest BCUT2D eigenvalue weighted by atomic mass is 15.4. The topological polar surface area (TPSA) is 69.6 Å². The van der Waals surface area contributed by atoms with Crippen LogP contribution in [0.1, 0.15) is 24.7 Å². The van der Waals surface area contributed by atoms with Crippen molar-refractivity contribution in [1.82, 2.24) is 19.7 Å². The van der Waals surface area contributed by atoms with E-state index in [-0.39, 0.29) is 6.04 Å². The molecular weight excluding hydrogens is 202 g/mol. The molecule has 1 atom stereocenters. The second-order valence-electron chi connectivity index (χ2n) is 4.00. The van der Waals surface area contributed by atoms with Crippen LogP contribution < -0.4 is 5.73 Å². The standard InChI is InChI=1S/C11H13N5/c12-9-2-1-7-16-11(9)14-10(15-16)8-3-5-13-6-4-8/h3-6,9H,1-2,7,12H2. The largest absolute Gasteiger partial charge is 0.321 e. The van der Waals surface area contributed by atoms with E-state index in [1.807, 2.05) is 16.8 Å². The number of pyridine rings is 1. The number of aromatic nitrogens is 4. The zero-order chi connectivity index (χ0) is 11.0. The summed E-state index contributed by atoms with van der Waals surface area (Å²) in [6, 6.07) is 3.84. The van der Waals surface area contributed by atoms with Crippen LogP contribution in [-0.4, -0.2) is 19.7 Å². The van der Waals surface area contributed by atoms with Crippen molar-refractivity contribution in [1.29, 1.82) is 0 Å². The highest BCUT2D eigenvalue weighted by Gasteiger charge is 2.21. The lowest BCUT2D eigenvalue weighted by Gasteiger charge is -2.17. The highest BCUT2D eigenvalue weighted by Crippen LogP contribution is 2.23. The monoisotopic (exact) mass is 215 g/mol. The van der Waals surface area contributed by atoms with Crippen molar-refractivity contribution in [3.63, 3.8) is 0 Å². The molecule has 2 aromatic rings. The van der Waals surface area contributed by atoms with Crippen molar-refractivity contribution in [2.45, 2.75) is 25.4 Å². The summed E-state index contributed by atoms with van der Waals surface area (Å²) in [5.41, 5.74) is 6.99. The van der Waals surface area contributed by atoms with Crippen molar-refractivity contribution in [3.05, 3.63) is 30.4 Å². The van der Waals surface area contributed by atoms with Gasteiger partial charge in [-0.15, -0.1) is 0 Å². The van der Waals surface area contributed by atoms with E-state index in [4.69, 9.17) is 5.73 Å². The summed E-state index contributed by atoms with van der Waals surface area (Å²) in [5, 5.41) is 4.47. The maximum atomic E-state index is 6.00. The van der Waals surface area contributed by atoms with Gasteiger partial charge in [-0.25, -0.2) is 9.67 Å². The van der Waals surface area contributed by atoms with Crippen LogP contribution in [0, 0.1) is 0 Å². The molecule has 0 aromatic carbocycles. The Kier molecular flexibility index (Phi) is 2.18. The molecular formula is C11H13N5. The number of hydrogen-bond donors (Lipinski definition) is 1. The minimum absolute atomic E-state index is 0.0248. The van der Waals surface area contributed by atoms with Gasteiger partial charge in [-0.1, -0.05) is 0 Å². The van der Waals surface area contributed by atoms with Crippen molar-refractivity contribution in [3.8, 4) is 11.4 Å². The number of hydrogen-bond acceptors (Lipinski definition) is 4. The Morgan fingerprint density at radius 3 is 2.88 bits per heavy atom. The molecule has 3 rings (SSSR count). The quantitative estimate of drug-likeness (QED) is 0.774. The summed E-state index contributed by atoms with van der Waals surface area (Å²) < 4.78 is 1.92. The van der Waals surface area contributed by atoms with Crippen molar-refractivity contribution in [2.75, 3.05) is 0 Å². The van der Waals surface area contributed by atoms with Crippen LogP contribution in [0.15, 0.2) is 24.5 Å². The third-order valence-corrected chi connectivity index (χ3v) is 2.86. The summed E-state index contributed by atoms with van der Waals surface area (Å²) in [6.45, 7) is 0.918. The molecule has 0 radical (unpaired) electrons. The number of rotatable bonds is 1. The van der Waals surface area contributed by atoms with Gasteiger partial charge in [0.2, 0.25) is 0 Å². The van der Waals surface area contributed by atoms with E-state index >= 15 is 0 Å². The first-order valence-corrected chi connectivity index (χ1v) is 5.45. The number of nitrogens with zero attached hydrogens (tertiary/aromatic N) is 4. The van der Waals surface area contributed by atoms with E-state index in [2.05, 4.69) is 15.1 Å². The fourth-order valence-electron chi connectivity index (χ4n) is 2.01. The Hall–Kier alpha value is -1.75. The molecule has 0 saturated carbocycles. The molecule has 2 N–H and O–H groups in total. The summed E-state index contributed by atoms with van der Waals surface area (Å²) in [7, 11) is 0. The van der Waals surface area contributed by atoms with Gasteiger partial charge in [0.25, 0.3) is 0 Å². The van der Waals surface area contributed by atoms with E-state index in [0.29, 0.717) is 0 Å². The molecule has 0 spiro atoms. The SMILES string of the molecule is NC1CCCn2nc(-c3ccncc3)nc21. The van der Waals surface area contributed by atoms with Crippen LogP contribution >= 0.6 is 0 Å². The van der Waals surface area contributed by atoms with Gasteiger partial charge in [0.05, 0.1) is 6.04 Å². The fourth-order valence-corrected chi connectivity index (χ4v) is 2.01. The van der Waals surface area contributed by atoms with Crippen LogP contribution in [0.4, 0.5) is 0 Å². The van der Waals surface area contributed by atoms with Gasteiger partial charge in [-0.2, -0.15) is 5.10 Å². The molecule has 0 fully saturated rings. The second-order valence-corrected chi connectivity index (χ2v) is 4.00. The van der Waals surface area contributed by atoms with Crippen LogP contribution in [0.25, 0.3) is 11.4 Å². The van der Waals surface area contributed by atoms with E-state index in [1.54, 1.807) is 12.4 Å². The average molecular weight is 215 g/mol. The zero-order valence-electron chi connectivity index (χ0n) is 8.87. The third-order valence-electron chi connectivity index (χ3n) is 2.86. The van der Waals surface area contributed by atoms with Gasteiger partial charge in [0.1, 0.15) is 5.82 Å². The smallest absolute Gasteiger partial charge is 0.181 e. The lowest BCUT2D eigenvalue weighted by molar-refractivity contribution is 0.422. The van der Waals surface area contributed by atoms with Crippen LogP contribution in [-0.2, 0) is 6.54 Å². The molecule has 1 aliphatic heterocycles. The molecule has 5 nitrogen and oxygen atoms in total. The normalized spacial score (nSPS) is 19.4. The van der Waals surface area contributed by atoms with Gasteiger partial charge in [-0.3, -0.25) is 4.98 Å². The molecule has 2 aromatic heterocycles. The lowest BCUT2D eigenvalue weighted by Crippen LogP contribution is -2.22. The summed E-state index contributed by atoms with van der Waals surface area (Å²) in [4.78, 5) is 8.48. The van der Waals surface area contributed by atoms with Gasteiger partial charge in [0.15, 0.2) is 5.82 Å². The van der Waals surface area contributed by atoms with E-state index in [1.165, 1.54) is 0 Å². The highest BCUT2D eigenvalue weighted by molar-refractivity contribution is 5.53. The Bertz CT molecular complexity index is 490. The van der Waals surface area contributed by atoms with Gasteiger partial charge >= 0.3 is 0 Å². The number of fused-ring (bicyclic) bond motifs is 1. The number of nitrogens with two attached hydrogens (primary N) is 1. The fraction of sp³-hybridized carbons (Fsp3) is 0.364. The predicted molar refractivity (Wildman–Crippen MR) is 59.4 cm³/mol. The van der Waals surface area contributed by atoms with Crippen molar-refractivity contribution >= 4 is 0 Å². The summed E-state index contributed by atoms with van der Waals surface area (Å²) in [5.74, 6) is 1.65. The molecule has 5 heteroatoms. The van der Waals surface area contributed by atoms with Crippen LogP contribution in [0.3, 0.4) is 0 Å². The third kappa shape index (κ3) is 1.49. The van der Waals surface area contributed by atoms with Crippen LogP contribution in [0.5, 0.6) is 0 Å². The molecule has 1 aliphatic rings. The molecule has 1 unspecified atom stereocenters. The molecule has 82 valence electrons. The second kappa shape index (κ2) is 3.68. The van der Waals surface area contributed by atoms with Crippen LogP contribution in [0.2, 0.25) is 0 Å². The van der Waals surface area contributed by atoms with Gasteiger partial charge < -0.3 is 5.73 Å². The molecule has 0 amide bonds. The van der Waals surface area contributed by atoms with E-state index < -0.39 is 0 Å². The Labute approximate surface area is 93.3 Å². The average Bonchev–Trinajstić information content (AvgIpc) is 2.76. The van der Waals surface area contributed by atoms with Gasteiger partial charge in [-0.05, 0) is 25.0 Å². The Balaban J connectivity index is 2.05. The first kappa shape index (κ1) is 9.47.